The Morgan fingerprint density at radius 2 is 1.72 bits per heavy atom. The van der Waals surface area contributed by atoms with Crippen LogP contribution in [0.2, 0.25) is 0 Å². The van der Waals surface area contributed by atoms with Crippen LogP contribution in [0.5, 0.6) is 0 Å². The number of aryl methyl sites for hydroxylation is 1. The molecule has 0 radical (unpaired) electrons. The normalized spacial score (nSPS) is 19.7. The largest absolute Gasteiger partial charge is 0.380 e. The Morgan fingerprint density at radius 3 is 2.28 bits per heavy atom. The van der Waals surface area contributed by atoms with Crippen LogP contribution in [0, 0.1) is 24.8 Å². The van der Waals surface area contributed by atoms with Gasteiger partial charge in [-0.15, -0.1) is 11.3 Å². The van der Waals surface area contributed by atoms with Gasteiger partial charge in [-0.05, 0) is 30.2 Å². The van der Waals surface area contributed by atoms with Crippen LogP contribution < -0.4 is 0 Å². The van der Waals surface area contributed by atoms with Gasteiger partial charge in [-0.25, -0.2) is 10.1 Å². The number of thiophene rings is 1. The SMILES string of the molecule is [C-]#[N+]/C(C#N)=C\C1=C(c2cc(-c3ccccc3)sc2C)C(F)(F)C(F)(F)C1(F)F. The smallest absolute Gasteiger partial charge is 0.227 e. The molecule has 1 aliphatic rings. The molecule has 0 amide bonds. The van der Waals surface area contributed by atoms with E-state index < -0.39 is 40.2 Å². The zero-order valence-corrected chi connectivity index (χ0v) is 15.4. The Hall–Kier alpha value is -3.04. The maximum absolute atomic E-state index is 14.6. The van der Waals surface area contributed by atoms with E-state index in [1.807, 2.05) is 0 Å². The number of hydrogen-bond donors (Lipinski definition) is 0. The van der Waals surface area contributed by atoms with Crippen molar-refractivity contribution in [2.75, 3.05) is 0 Å². The minimum Gasteiger partial charge on any atom is -0.227 e. The van der Waals surface area contributed by atoms with Gasteiger partial charge in [0, 0.05) is 20.9 Å². The van der Waals surface area contributed by atoms with Crippen LogP contribution in [-0.4, -0.2) is 17.8 Å². The zero-order chi connectivity index (χ0) is 21.6. The van der Waals surface area contributed by atoms with Gasteiger partial charge in [-0.3, -0.25) is 0 Å². The second-order valence-electron chi connectivity index (χ2n) is 6.21. The number of allylic oxidation sites excluding steroid dienone is 4. The Labute approximate surface area is 165 Å². The first-order chi connectivity index (χ1) is 13.5. The number of nitrogens with zero attached hydrogens (tertiary/aromatic N) is 2. The van der Waals surface area contributed by atoms with Crippen molar-refractivity contribution in [3.63, 3.8) is 0 Å². The zero-order valence-electron chi connectivity index (χ0n) is 14.6. The lowest BCUT2D eigenvalue weighted by molar-refractivity contribution is -0.259. The van der Waals surface area contributed by atoms with E-state index in [4.69, 9.17) is 11.8 Å². The van der Waals surface area contributed by atoms with E-state index in [9.17, 15) is 26.3 Å². The summed E-state index contributed by atoms with van der Waals surface area (Å²) in [6, 6.07) is 10.8. The topological polar surface area (TPSA) is 28.1 Å². The summed E-state index contributed by atoms with van der Waals surface area (Å²) in [5.41, 5.74) is -4.16. The van der Waals surface area contributed by atoms with E-state index in [-0.39, 0.29) is 11.0 Å². The number of alkyl halides is 6. The minimum absolute atomic E-state index is 0.121. The monoisotopic (exact) mass is 424 g/mol. The average molecular weight is 424 g/mol. The summed E-state index contributed by atoms with van der Waals surface area (Å²) in [5, 5.41) is 8.81. The van der Waals surface area contributed by atoms with Gasteiger partial charge in [0.2, 0.25) is 0 Å². The van der Waals surface area contributed by atoms with Crippen molar-refractivity contribution < 1.29 is 26.3 Å². The highest BCUT2D eigenvalue weighted by Crippen LogP contribution is 2.63. The molecule has 0 spiro atoms. The van der Waals surface area contributed by atoms with Gasteiger partial charge >= 0.3 is 17.8 Å². The molecule has 1 heterocycles. The van der Waals surface area contributed by atoms with Crippen molar-refractivity contribution >= 4 is 16.9 Å². The number of hydrogen-bond acceptors (Lipinski definition) is 2. The standard InChI is InChI=1S/C20H10F6N2S/c1-11-14(9-16(29-11)12-6-4-3-5-7-12)17-15(8-13(10-27)28-2)18(21,22)20(25,26)19(17,23)24/h3-9H,1H3/b13-8-. The maximum atomic E-state index is 14.6. The Kier molecular flexibility index (Phi) is 4.84. The third kappa shape index (κ3) is 2.93. The molecule has 2 nitrogen and oxygen atoms in total. The van der Waals surface area contributed by atoms with Gasteiger partial charge in [-0.2, -0.15) is 26.3 Å². The van der Waals surface area contributed by atoms with Crippen LogP contribution in [-0.2, 0) is 0 Å². The maximum Gasteiger partial charge on any atom is 0.380 e. The first-order valence-electron chi connectivity index (χ1n) is 8.03. The van der Waals surface area contributed by atoms with Crippen LogP contribution in [0.25, 0.3) is 20.9 Å². The molecule has 1 aliphatic carbocycles. The van der Waals surface area contributed by atoms with Gasteiger partial charge in [0.05, 0.1) is 12.6 Å². The van der Waals surface area contributed by atoms with Crippen LogP contribution in [0.1, 0.15) is 10.4 Å². The van der Waals surface area contributed by atoms with Crippen LogP contribution in [0.3, 0.4) is 0 Å². The highest BCUT2D eigenvalue weighted by atomic mass is 32.1. The minimum atomic E-state index is -5.72. The van der Waals surface area contributed by atoms with Crippen LogP contribution in [0.15, 0.2) is 53.7 Å². The quantitative estimate of drug-likeness (QED) is 0.305. The molecule has 1 aromatic carbocycles. The Bertz CT molecular complexity index is 1100. The molecule has 0 atom stereocenters. The van der Waals surface area contributed by atoms with Gasteiger partial charge < -0.3 is 0 Å². The molecular weight excluding hydrogens is 414 g/mol. The van der Waals surface area contributed by atoms with Crippen molar-refractivity contribution in [2.24, 2.45) is 0 Å². The average Bonchev–Trinajstić information content (AvgIpc) is 3.09. The lowest BCUT2D eigenvalue weighted by Crippen LogP contribution is -2.49. The molecule has 3 rings (SSSR count). The molecule has 0 N–H and O–H groups in total. The summed E-state index contributed by atoms with van der Waals surface area (Å²) >= 11 is 0.984. The predicted octanol–water partition coefficient (Wildman–Crippen LogP) is 6.72. The molecule has 0 bridgehead atoms. The van der Waals surface area contributed by atoms with Crippen LogP contribution >= 0.6 is 11.3 Å². The van der Waals surface area contributed by atoms with Gasteiger partial charge in [0.25, 0.3) is 5.70 Å². The summed E-state index contributed by atoms with van der Waals surface area (Å²) in [6.07, 6.45) is 0.121. The summed E-state index contributed by atoms with van der Waals surface area (Å²) in [4.78, 5) is 3.18. The Balaban J connectivity index is 2.34. The highest BCUT2D eigenvalue weighted by Gasteiger charge is 2.79. The van der Waals surface area contributed by atoms with Crippen molar-refractivity contribution in [1.29, 1.82) is 5.26 Å². The summed E-state index contributed by atoms with van der Waals surface area (Å²) in [6.45, 7) is 8.13. The van der Waals surface area contributed by atoms with E-state index in [1.54, 1.807) is 30.3 Å². The predicted molar refractivity (Wildman–Crippen MR) is 96.6 cm³/mol. The molecular formula is C20H10F6N2S. The van der Waals surface area contributed by atoms with Crippen molar-refractivity contribution in [1.82, 2.24) is 0 Å². The van der Waals surface area contributed by atoms with E-state index in [1.165, 1.54) is 13.0 Å². The fourth-order valence-electron chi connectivity index (χ4n) is 3.03. The van der Waals surface area contributed by atoms with Gasteiger partial charge in [-0.1, -0.05) is 30.3 Å². The van der Waals surface area contributed by atoms with Crippen LogP contribution in [0.4, 0.5) is 26.3 Å². The van der Waals surface area contributed by atoms with Crippen molar-refractivity contribution in [2.45, 2.75) is 24.7 Å². The van der Waals surface area contributed by atoms with Gasteiger partial charge in [0.15, 0.2) is 0 Å². The molecule has 1 aromatic heterocycles. The Morgan fingerprint density at radius 1 is 1.10 bits per heavy atom. The van der Waals surface area contributed by atoms with Gasteiger partial charge in [0.1, 0.15) is 0 Å². The molecule has 0 aliphatic heterocycles. The van der Waals surface area contributed by atoms with E-state index in [2.05, 4.69) is 4.85 Å². The molecule has 29 heavy (non-hydrogen) atoms. The van der Waals surface area contributed by atoms with E-state index in [0.29, 0.717) is 10.4 Å². The lowest BCUT2D eigenvalue weighted by atomic mass is 9.98. The molecule has 2 aromatic rings. The third-order valence-corrected chi connectivity index (χ3v) is 5.57. The van der Waals surface area contributed by atoms with Crippen molar-refractivity contribution in [3.8, 4) is 16.5 Å². The third-order valence-electron chi connectivity index (χ3n) is 4.47. The van der Waals surface area contributed by atoms with Crippen molar-refractivity contribution in [3.05, 3.63) is 75.6 Å². The first kappa shape index (κ1) is 20.7. The fraction of sp³-hybridized carbons (Fsp3) is 0.200. The fourth-order valence-corrected chi connectivity index (χ4v) is 4.06. The molecule has 9 heteroatoms. The summed E-state index contributed by atoms with van der Waals surface area (Å²) in [7, 11) is 0. The molecule has 0 fully saturated rings. The number of nitriles is 1. The highest BCUT2D eigenvalue weighted by molar-refractivity contribution is 7.15. The second-order valence-corrected chi connectivity index (χ2v) is 7.47. The lowest BCUT2D eigenvalue weighted by Gasteiger charge is -2.25. The number of rotatable bonds is 3. The summed E-state index contributed by atoms with van der Waals surface area (Å²) < 4.78 is 86.1. The second kappa shape index (κ2) is 6.78. The van der Waals surface area contributed by atoms with E-state index in [0.717, 1.165) is 17.4 Å². The molecule has 0 saturated heterocycles. The number of halogens is 6. The molecule has 0 saturated carbocycles. The van der Waals surface area contributed by atoms with E-state index >= 15 is 0 Å². The summed E-state index contributed by atoms with van der Waals surface area (Å²) in [5.74, 6) is -16.2. The molecule has 0 unspecified atom stereocenters. The first-order valence-corrected chi connectivity index (χ1v) is 8.84. The molecule has 148 valence electrons. The number of benzene rings is 1.